The van der Waals surface area contributed by atoms with Gasteiger partial charge in [0, 0.05) is 17.8 Å². The average Bonchev–Trinajstić information content (AvgIpc) is 2.90. The Morgan fingerprint density at radius 3 is 2.85 bits per heavy atom. The molecule has 2 heterocycles. The van der Waals surface area contributed by atoms with Gasteiger partial charge in [0.05, 0.1) is 5.56 Å². The third-order valence-electron chi connectivity index (χ3n) is 3.04. The van der Waals surface area contributed by atoms with E-state index in [1.54, 1.807) is 30.5 Å². The van der Waals surface area contributed by atoms with Crippen molar-refractivity contribution in [2.45, 2.75) is 6.61 Å². The first-order valence-corrected chi connectivity index (χ1v) is 6.01. The number of aliphatic hydroxyl groups is 1. The number of aromatic carboxylic acids is 1. The molecule has 20 heavy (non-hydrogen) atoms. The van der Waals surface area contributed by atoms with Crippen molar-refractivity contribution in [1.82, 2.24) is 4.98 Å². The van der Waals surface area contributed by atoms with Crippen LogP contribution >= 0.6 is 0 Å². The summed E-state index contributed by atoms with van der Waals surface area (Å²) in [4.78, 5) is 15.2. The maximum absolute atomic E-state index is 11.0. The fourth-order valence-electron chi connectivity index (χ4n) is 2.11. The molecule has 0 aliphatic heterocycles. The Balaban J connectivity index is 2.21. The van der Waals surface area contributed by atoms with Gasteiger partial charge < -0.3 is 14.6 Å². The number of aliphatic hydroxyl groups excluding tert-OH is 1. The van der Waals surface area contributed by atoms with Gasteiger partial charge in [-0.15, -0.1) is 0 Å². The Morgan fingerprint density at radius 2 is 2.10 bits per heavy atom. The topological polar surface area (TPSA) is 83.6 Å². The van der Waals surface area contributed by atoms with Crippen LogP contribution < -0.4 is 0 Å². The summed E-state index contributed by atoms with van der Waals surface area (Å²) in [5.74, 6) is -0.554. The van der Waals surface area contributed by atoms with Crippen molar-refractivity contribution in [3.63, 3.8) is 0 Å². The van der Waals surface area contributed by atoms with Crippen molar-refractivity contribution < 1.29 is 19.4 Å². The number of hydrogen-bond donors (Lipinski definition) is 2. The maximum atomic E-state index is 11.0. The van der Waals surface area contributed by atoms with Crippen LogP contribution in [-0.4, -0.2) is 21.2 Å². The number of benzene rings is 1. The molecule has 0 radical (unpaired) electrons. The second-order valence-corrected chi connectivity index (χ2v) is 4.33. The molecule has 1 aromatic carbocycles. The van der Waals surface area contributed by atoms with Crippen molar-refractivity contribution in [3.05, 3.63) is 53.9 Å². The van der Waals surface area contributed by atoms with Crippen molar-refractivity contribution in [3.8, 4) is 11.1 Å². The summed E-state index contributed by atoms with van der Waals surface area (Å²) in [6.07, 6.45) is 1.63. The molecule has 0 atom stereocenters. The number of hydrogen-bond acceptors (Lipinski definition) is 4. The molecule has 0 bridgehead atoms. The predicted molar refractivity (Wildman–Crippen MR) is 72.3 cm³/mol. The van der Waals surface area contributed by atoms with E-state index < -0.39 is 5.97 Å². The van der Waals surface area contributed by atoms with Crippen molar-refractivity contribution in [2.24, 2.45) is 0 Å². The largest absolute Gasteiger partial charge is 0.478 e. The Hall–Kier alpha value is -2.66. The van der Waals surface area contributed by atoms with E-state index in [1.165, 1.54) is 6.07 Å². The highest BCUT2D eigenvalue weighted by Crippen LogP contribution is 2.30. The van der Waals surface area contributed by atoms with E-state index in [1.807, 2.05) is 6.07 Å². The van der Waals surface area contributed by atoms with Gasteiger partial charge in [-0.25, -0.2) is 4.79 Å². The molecule has 3 rings (SSSR count). The quantitative estimate of drug-likeness (QED) is 0.763. The SMILES string of the molecule is O=C(O)c1cccc(-c2ccnc3cc(CO)oc23)c1. The highest BCUT2D eigenvalue weighted by Gasteiger charge is 2.12. The number of carbonyl (C=O) groups is 1. The minimum Gasteiger partial charge on any atom is -0.478 e. The molecule has 0 fully saturated rings. The Morgan fingerprint density at radius 1 is 1.25 bits per heavy atom. The van der Waals surface area contributed by atoms with E-state index in [-0.39, 0.29) is 12.2 Å². The zero-order chi connectivity index (χ0) is 14.1. The number of rotatable bonds is 3. The van der Waals surface area contributed by atoms with Gasteiger partial charge in [0.15, 0.2) is 5.58 Å². The lowest BCUT2D eigenvalue weighted by Gasteiger charge is -2.03. The highest BCUT2D eigenvalue weighted by molar-refractivity contribution is 5.93. The van der Waals surface area contributed by atoms with Crippen LogP contribution in [0.4, 0.5) is 0 Å². The Labute approximate surface area is 114 Å². The van der Waals surface area contributed by atoms with Crippen LogP contribution in [0.15, 0.2) is 47.0 Å². The number of carboxylic acid groups (broad SMARTS) is 1. The van der Waals surface area contributed by atoms with E-state index in [2.05, 4.69) is 4.98 Å². The molecular weight excluding hydrogens is 258 g/mol. The van der Waals surface area contributed by atoms with Gasteiger partial charge in [-0.3, -0.25) is 4.98 Å². The standard InChI is InChI=1S/C15H11NO4/c17-8-11-7-13-14(20-11)12(4-5-16-13)9-2-1-3-10(6-9)15(18)19/h1-7,17H,8H2,(H,18,19). The molecule has 5 nitrogen and oxygen atoms in total. The number of carboxylic acids is 1. The van der Waals surface area contributed by atoms with Gasteiger partial charge in [-0.1, -0.05) is 12.1 Å². The van der Waals surface area contributed by atoms with Gasteiger partial charge in [0.25, 0.3) is 0 Å². The molecule has 0 saturated carbocycles. The molecule has 0 aliphatic carbocycles. The Kier molecular flexibility index (Phi) is 2.96. The molecule has 5 heteroatoms. The molecule has 0 aliphatic rings. The van der Waals surface area contributed by atoms with Gasteiger partial charge in [-0.05, 0) is 23.8 Å². The van der Waals surface area contributed by atoms with E-state index in [0.717, 1.165) is 11.1 Å². The third-order valence-corrected chi connectivity index (χ3v) is 3.04. The molecule has 0 amide bonds. The zero-order valence-corrected chi connectivity index (χ0v) is 10.4. The minimum absolute atomic E-state index is 0.203. The first kappa shape index (κ1) is 12.4. The summed E-state index contributed by atoms with van der Waals surface area (Å²) in [7, 11) is 0. The average molecular weight is 269 g/mol. The molecule has 2 N–H and O–H groups in total. The summed E-state index contributed by atoms with van der Waals surface area (Å²) >= 11 is 0. The Bertz CT molecular complexity index is 791. The fraction of sp³-hybridized carbons (Fsp3) is 0.0667. The van der Waals surface area contributed by atoms with Crippen LogP contribution in [0, 0.1) is 0 Å². The second-order valence-electron chi connectivity index (χ2n) is 4.33. The fourth-order valence-corrected chi connectivity index (χ4v) is 2.11. The minimum atomic E-state index is -0.979. The van der Waals surface area contributed by atoms with Gasteiger partial charge in [-0.2, -0.15) is 0 Å². The van der Waals surface area contributed by atoms with E-state index in [9.17, 15) is 4.79 Å². The van der Waals surface area contributed by atoms with Gasteiger partial charge >= 0.3 is 5.97 Å². The van der Waals surface area contributed by atoms with E-state index in [4.69, 9.17) is 14.6 Å². The van der Waals surface area contributed by atoms with Crippen molar-refractivity contribution >= 4 is 17.1 Å². The molecule has 2 aromatic heterocycles. The second kappa shape index (κ2) is 4.79. The first-order valence-electron chi connectivity index (χ1n) is 6.01. The zero-order valence-electron chi connectivity index (χ0n) is 10.4. The third kappa shape index (κ3) is 2.04. The lowest BCUT2D eigenvalue weighted by atomic mass is 10.0. The number of furan rings is 1. The van der Waals surface area contributed by atoms with Crippen LogP contribution in [0.25, 0.3) is 22.2 Å². The summed E-state index contributed by atoms with van der Waals surface area (Å²) in [5, 5.41) is 18.2. The maximum Gasteiger partial charge on any atom is 0.335 e. The van der Waals surface area contributed by atoms with Crippen molar-refractivity contribution in [2.75, 3.05) is 0 Å². The molecule has 3 aromatic rings. The van der Waals surface area contributed by atoms with Gasteiger partial charge in [0.1, 0.15) is 17.9 Å². The smallest absolute Gasteiger partial charge is 0.335 e. The number of fused-ring (bicyclic) bond motifs is 1. The van der Waals surface area contributed by atoms with E-state index in [0.29, 0.717) is 16.9 Å². The van der Waals surface area contributed by atoms with Gasteiger partial charge in [0.2, 0.25) is 0 Å². The van der Waals surface area contributed by atoms with Crippen LogP contribution in [0.2, 0.25) is 0 Å². The number of aromatic nitrogens is 1. The lowest BCUT2D eigenvalue weighted by molar-refractivity contribution is 0.0697. The molecule has 100 valence electrons. The number of pyridine rings is 1. The normalized spacial score (nSPS) is 10.8. The van der Waals surface area contributed by atoms with Crippen LogP contribution in [0.1, 0.15) is 16.1 Å². The summed E-state index contributed by atoms with van der Waals surface area (Å²) in [6.45, 7) is -0.203. The molecule has 0 saturated heterocycles. The van der Waals surface area contributed by atoms with Crippen LogP contribution in [0.5, 0.6) is 0 Å². The van der Waals surface area contributed by atoms with Crippen molar-refractivity contribution in [1.29, 1.82) is 0 Å². The summed E-state index contributed by atoms with van der Waals surface area (Å²) < 4.78 is 5.54. The first-order chi connectivity index (χ1) is 9.69. The van der Waals surface area contributed by atoms with Crippen LogP contribution in [-0.2, 0) is 6.61 Å². The summed E-state index contributed by atoms with van der Waals surface area (Å²) in [6, 6.07) is 10.0. The highest BCUT2D eigenvalue weighted by atomic mass is 16.4. The molecule has 0 unspecified atom stereocenters. The van der Waals surface area contributed by atoms with Crippen LogP contribution in [0.3, 0.4) is 0 Å². The van der Waals surface area contributed by atoms with E-state index >= 15 is 0 Å². The lowest BCUT2D eigenvalue weighted by Crippen LogP contribution is -1.95. The molecular formula is C15H11NO4. The number of nitrogens with zero attached hydrogens (tertiary/aromatic N) is 1. The monoisotopic (exact) mass is 269 g/mol. The summed E-state index contributed by atoms with van der Waals surface area (Å²) in [5.41, 5.74) is 2.86. The predicted octanol–water partition coefficient (Wildman–Crippen LogP) is 2.69. The molecule has 0 spiro atoms.